The van der Waals surface area contributed by atoms with E-state index in [0.29, 0.717) is 12.3 Å². The Morgan fingerprint density at radius 2 is 1.89 bits per heavy atom. The van der Waals surface area contributed by atoms with E-state index in [2.05, 4.69) is 10.1 Å². The highest BCUT2D eigenvalue weighted by Crippen LogP contribution is 2.29. The van der Waals surface area contributed by atoms with Gasteiger partial charge in [0, 0.05) is 18.4 Å². The van der Waals surface area contributed by atoms with Crippen LogP contribution in [0.1, 0.15) is 50.2 Å². The number of nitrogens with two attached hydrogens (primary N) is 1. The number of nitrogens with zero attached hydrogens (tertiary/aromatic N) is 2. The summed E-state index contributed by atoms with van der Waals surface area (Å²) in [6.07, 6.45) is 0.201. The van der Waals surface area contributed by atoms with Crippen LogP contribution < -0.4 is 5.73 Å². The predicted octanol–water partition coefficient (Wildman–Crippen LogP) is 2.77. The molecule has 0 bridgehead atoms. The van der Waals surface area contributed by atoms with E-state index in [4.69, 9.17) is 10.3 Å². The van der Waals surface area contributed by atoms with Crippen LogP contribution in [-0.2, 0) is 12.8 Å². The zero-order valence-corrected chi connectivity index (χ0v) is 10.7. The van der Waals surface area contributed by atoms with Gasteiger partial charge < -0.3 is 10.3 Å². The third-order valence-electron chi connectivity index (χ3n) is 3.49. The van der Waals surface area contributed by atoms with Gasteiger partial charge >= 0.3 is 6.18 Å². The predicted molar refractivity (Wildman–Crippen MR) is 62.4 cm³/mol. The second-order valence-corrected chi connectivity index (χ2v) is 5.32. The van der Waals surface area contributed by atoms with Crippen molar-refractivity contribution in [3.63, 3.8) is 0 Å². The van der Waals surface area contributed by atoms with Crippen molar-refractivity contribution in [2.75, 3.05) is 0 Å². The Morgan fingerprint density at radius 3 is 2.53 bits per heavy atom. The van der Waals surface area contributed by atoms with Crippen molar-refractivity contribution < 1.29 is 17.7 Å². The SMILES string of the molecule is NC1(Cc2nc(CCC(F)(F)F)no2)CCCCC1. The average Bonchev–Trinajstić information content (AvgIpc) is 2.73. The molecule has 1 aliphatic carbocycles. The van der Waals surface area contributed by atoms with Crippen molar-refractivity contribution >= 4 is 0 Å². The number of aromatic nitrogens is 2. The minimum Gasteiger partial charge on any atom is -0.339 e. The van der Waals surface area contributed by atoms with Gasteiger partial charge in [0.2, 0.25) is 5.89 Å². The zero-order chi connectivity index (χ0) is 13.9. The highest BCUT2D eigenvalue weighted by molar-refractivity contribution is 4.97. The van der Waals surface area contributed by atoms with E-state index in [0.717, 1.165) is 25.7 Å². The van der Waals surface area contributed by atoms with Crippen LogP contribution >= 0.6 is 0 Å². The second-order valence-electron chi connectivity index (χ2n) is 5.32. The molecule has 0 atom stereocenters. The largest absolute Gasteiger partial charge is 0.389 e. The fourth-order valence-electron chi connectivity index (χ4n) is 2.45. The second kappa shape index (κ2) is 5.48. The number of halogens is 3. The van der Waals surface area contributed by atoms with Gasteiger partial charge in [0.15, 0.2) is 5.82 Å². The third kappa shape index (κ3) is 4.49. The molecule has 1 saturated carbocycles. The summed E-state index contributed by atoms with van der Waals surface area (Å²) >= 11 is 0. The topological polar surface area (TPSA) is 64.9 Å². The molecule has 2 rings (SSSR count). The minimum absolute atomic E-state index is 0.103. The maximum Gasteiger partial charge on any atom is 0.389 e. The van der Waals surface area contributed by atoms with Crippen LogP contribution in [0.2, 0.25) is 0 Å². The van der Waals surface area contributed by atoms with Gasteiger partial charge in [-0.1, -0.05) is 24.4 Å². The summed E-state index contributed by atoms with van der Waals surface area (Å²) in [6, 6.07) is 0. The van der Waals surface area contributed by atoms with Crippen LogP contribution in [0.5, 0.6) is 0 Å². The Balaban J connectivity index is 1.90. The van der Waals surface area contributed by atoms with E-state index in [1.54, 1.807) is 0 Å². The lowest BCUT2D eigenvalue weighted by atomic mass is 9.80. The molecular weight excluding hydrogens is 259 g/mol. The molecule has 2 N–H and O–H groups in total. The summed E-state index contributed by atoms with van der Waals surface area (Å²) in [6.45, 7) is 0. The van der Waals surface area contributed by atoms with Crippen molar-refractivity contribution in [2.45, 2.75) is 63.1 Å². The van der Waals surface area contributed by atoms with Gasteiger partial charge in [0.1, 0.15) is 0 Å². The lowest BCUT2D eigenvalue weighted by Crippen LogP contribution is -2.43. The van der Waals surface area contributed by atoms with E-state index in [-0.39, 0.29) is 17.8 Å². The zero-order valence-electron chi connectivity index (χ0n) is 10.7. The van der Waals surface area contributed by atoms with Crippen molar-refractivity contribution in [2.24, 2.45) is 5.73 Å². The molecule has 1 heterocycles. The molecule has 1 fully saturated rings. The summed E-state index contributed by atoms with van der Waals surface area (Å²) in [5.74, 6) is 0.452. The molecule has 0 amide bonds. The highest BCUT2D eigenvalue weighted by atomic mass is 19.4. The fraction of sp³-hybridized carbons (Fsp3) is 0.833. The van der Waals surface area contributed by atoms with Gasteiger partial charge in [0.05, 0.1) is 6.42 Å². The highest BCUT2D eigenvalue weighted by Gasteiger charge is 2.31. The molecule has 19 heavy (non-hydrogen) atoms. The van der Waals surface area contributed by atoms with Gasteiger partial charge in [-0.05, 0) is 12.8 Å². The van der Waals surface area contributed by atoms with Crippen LogP contribution in [0.4, 0.5) is 13.2 Å². The van der Waals surface area contributed by atoms with Crippen molar-refractivity contribution in [1.82, 2.24) is 10.1 Å². The van der Waals surface area contributed by atoms with Crippen LogP contribution in [0.15, 0.2) is 4.52 Å². The van der Waals surface area contributed by atoms with Gasteiger partial charge in [-0.3, -0.25) is 0 Å². The van der Waals surface area contributed by atoms with Crippen LogP contribution in [0.25, 0.3) is 0 Å². The molecule has 0 aromatic carbocycles. The summed E-state index contributed by atoms with van der Waals surface area (Å²) in [5.41, 5.74) is 5.89. The number of rotatable bonds is 4. The molecule has 4 nitrogen and oxygen atoms in total. The molecular formula is C12H18F3N3O. The summed E-state index contributed by atoms with van der Waals surface area (Å²) in [4.78, 5) is 3.99. The first-order valence-electron chi connectivity index (χ1n) is 6.53. The Kier molecular flexibility index (Phi) is 4.13. The van der Waals surface area contributed by atoms with Gasteiger partial charge in [-0.25, -0.2) is 0 Å². The van der Waals surface area contributed by atoms with E-state index < -0.39 is 12.6 Å². The van der Waals surface area contributed by atoms with Crippen molar-refractivity contribution in [3.8, 4) is 0 Å². The van der Waals surface area contributed by atoms with E-state index in [1.807, 2.05) is 0 Å². The molecule has 7 heteroatoms. The van der Waals surface area contributed by atoms with Gasteiger partial charge in [-0.2, -0.15) is 18.2 Å². The first-order chi connectivity index (χ1) is 8.86. The molecule has 0 spiro atoms. The first-order valence-corrected chi connectivity index (χ1v) is 6.53. The van der Waals surface area contributed by atoms with E-state index >= 15 is 0 Å². The van der Waals surface area contributed by atoms with Crippen LogP contribution in [-0.4, -0.2) is 21.9 Å². The monoisotopic (exact) mass is 277 g/mol. The third-order valence-corrected chi connectivity index (χ3v) is 3.49. The average molecular weight is 277 g/mol. The van der Waals surface area contributed by atoms with Gasteiger partial charge in [-0.15, -0.1) is 0 Å². The first kappa shape index (κ1) is 14.3. The Bertz CT molecular complexity index is 411. The van der Waals surface area contributed by atoms with Crippen LogP contribution in [0.3, 0.4) is 0 Å². The molecule has 1 aromatic rings. The Labute approximate surface area is 109 Å². The molecule has 108 valence electrons. The number of hydrogen-bond donors (Lipinski definition) is 1. The number of aryl methyl sites for hydroxylation is 1. The molecule has 0 radical (unpaired) electrons. The maximum absolute atomic E-state index is 12.1. The quantitative estimate of drug-likeness (QED) is 0.919. The molecule has 0 aliphatic heterocycles. The number of alkyl halides is 3. The smallest absolute Gasteiger partial charge is 0.339 e. The molecule has 0 saturated heterocycles. The summed E-state index contributed by atoms with van der Waals surface area (Å²) < 4.78 is 41.2. The Morgan fingerprint density at radius 1 is 1.21 bits per heavy atom. The van der Waals surface area contributed by atoms with E-state index in [1.165, 1.54) is 6.42 Å². The van der Waals surface area contributed by atoms with Crippen LogP contribution in [0, 0.1) is 0 Å². The lowest BCUT2D eigenvalue weighted by molar-refractivity contribution is -0.134. The standard InChI is InChI=1S/C12H18F3N3O/c13-12(14,15)7-4-9-17-10(19-18-9)8-11(16)5-2-1-3-6-11/h1-8,16H2. The molecule has 0 unspecified atom stereocenters. The summed E-state index contributed by atoms with van der Waals surface area (Å²) in [5, 5.41) is 3.57. The minimum atomic E-state index is -4.20. The lowest BCUT2D eigenvalue weighted by Gasteiger charge is -2.31. The van der Waals surface area contributed by atoms with E-state index in [9.17, 15) is 13.2 Å². The maximum atomic E-state index is 12.1. The van der Waals surface area contributed by atoms with Gasteiger partial charge in [0.25, 0.3) is 0 Å². The molecule has 1 aliphatic rings. The number of hydrogen-bond acceptors (Lipinski definition) is 4. The molecule has 1 aromatic heterocycles. The Hall–Kier alpha value is -1.11. The normalized spacial score (nSPS) is 19.6. The fourth-order valence-corrected chi connectivity index (χ4v) is 2.45. The summed E-state index contributed by atoms with van der Waals surface area (Å²) in [7, 11) is 0. The van der Waals surface area contributed by atoms with Crippen molar-refractivity contribution in [1.29, 1.82) is 0 Å². The van der Waals surface area contributed by atoms with Crippen molar-refractivity contribution in [3.05, 3.63) is 11.7 Å².